The van der Waals surface area contributed by atoms with E-state index in [1.807, 2.05) is 0 Å². The number of carboxylic acid groups (broad SMARTS) is 1. The lowest BCUT2D eigenvalue weighted by atomic mass is 9.78. The Hall–Kier alpha value is -1.26. The first-order valence-electron chi connectivity index (χ1n) is 8.65. The Morgan fingerprint density at radius 1 is 1.05 bits per heavy atom. The van der Waals surface area contributed by atoms with E-state index in [-0.39, 0.29) is 23.4 Å². The Morgan fingerprint density at radius 3 is 2.18 bits per heavy atom. The number of carboxylic acids is 1. The van der Waals surface area contributed by atoms with Crippen LogP contribution in [-0.4, -0.2) is 29.7 Å². The highest BCUT2D eigenvalue weighted by atomic mass is 16.4. The van der Waals surface area contributed by atoms with Crippen molar-refractivity contribution in [3.63, 3.8) is 0 Å². The normalized spacial score (nSPS) is 26.6. The summed E-state index contributed by atoms with van der Waals surface area (Å²) in [5, 5.41) is 15.0. The number of nitrogens with one attached hydrogen (secondary N) is 2. The summed E-state index contributed by atoms with van der Waals surface area (Å²) < 4.78 is 0. The Bertz CT molecular complexity index is 395. The van der Waals surface area contributed by atoms with Gasteiger partial charge in [-0.05, 0) is 49.9 Å². The van der Waals surface area contributed by atoms with Crippen molar-refractivity contribution in [3.05, 3.63) is 0 Å². The molecule has 0 unspecified atom stereocenters. The number of hydrogen-bond donors (Lipinski definition) is 3. The van der Waals surface area contributed by atoms with Crippen molar-refractivity contribution in [2.45, 2.75) is 71.3 Å². The first-order valence-corrected chi connectivity index (χ1v) is 8.65. The number of amides is 2. The molecule has 0 saturated heterocycles. The molecule has 2 rings (SSSR count). The van der Waals surface area contributed by atoms with E-state index in [4.69, 9.17) is 5.11 Å². The Labute approximate surface area is 133 Å². The van der Waals surface area contributed by atoms with Gasteiger partial charge in [0.1, 0.15) is 0 Å². The fourth-order valence-electron chi connectivity index (χ4n) is 3.88. The third kappa shape index (κ3) is 4.62. The zero-order valence-corrected chi connectivity index (χ0v) is 13.9. The highest BCUT2D eigenvalue weighted by Crippen LogP contribution is 2.39. The van der Waals surface area contributed by atoms with Gasteiger partial charge in [-0.15, -0.1) is 0 Å². The maximum absolute atomic E-state index is 12.0. The highest BCUT2D eigenvalue weighted by molar-refractivity contribution is 5.74. The van der Waals surface area contributed by atoms with Gasteiger partial charge in [-0.25, -0.2) is 4.79 Å². The van der Waals surface area contributed by atoms with Crippen LogP contribution in [0.1, 0.15) is 65.2 Å². The highest BCUT2D eigenvalue weighted by Gasteiger charge is 2.32. The summed E-state index contributed by atoms with van der Waals surface area (Å²) >= 11 is 0. The Morgan fingerprint density at radius 2 is 1.64 bits per heavy atom. The monoisotopic (exact) mass is 310 g/mol. The SMILES string of the molecule is CC(C)(CNC(=O)NC1CCC(C(=O)O)CC1)C1CCCC1. The summed E-state index contributed by atoms with van der Waals surface area (Å²) in [4.78, 5) is 23.0. The molecule has 5 nitrogen and oxygen atoms in total. The average Bonchev–Trinajstić information content (AvgIpc) is 3.01. The molecule has 0 radical (unpaired) electrons. The lowest BCUT2D eigenvalue weighted by Gasteiger charge is -2.32. The van der Waals surface area contributed by atoms with E-state index >= 15 is 0 Å². The van der Waals surface area contributed by atoms with E-state index in [9.17, 15) is 9.59 Å². The van der Waals surface area contributed by atoms with Crippen LogP contribution in [0, 0.1) is 17.3 Å². The van der Waals surface area contributed by atoms with Crippen LogP contribution in [0.4, 0.5) is 4.79 Å². The van der Waals surface area contributed by atoms with Gasteiger partial charge in [0.25, 0.3) is 0 Å². The molecule has 0 aromatic carbocycles. The van der Waals surface area contributed by atoms with Crippen molar-refractivity contribution < 1.29 is 14.7 Å². The first kappa shape index (κ1) is 17.1. The van der Waals surface area contributed by atoms with E-state index in [1.165, 1.54) is 25.7 Å². The predicted molar refractivity (Wildman–Crippen MR) is 85.7 cm³/mol. The number of aliphatic carboxylic acids is 1. The summed E-state index contributed by atoms with van der Waals surface area (Å²) in [6.45, 7) is 5.18. The molecule has 2 saturated carbocycles. The standard InChI is InChI=1S/C17H30N2O3/c1-17(2,13-5-3-4-6-13)11-18-16(22)19-14-9-7-12(8-10-14)15(20)21/h12-14H,3-11H2,1-2H3,(H,20,21)(H2,18,19,22). The van der Waals surface area contributed by atoms with Crippen molar-refractivity contribution in [2.24, 2.45) is 17.3 Å². The van der Waals surface area contributed by atoms with Crippen LogP contribution < -0.4 is 10.6 Å². The van der Waals surface area contributed by atoms with Crippen molar-refractivity contribution >= 4 is 12.0 Å². The van der Waals surface area contributed by atoms with Crippen LogP contribution in [0.25, 0.3) is 0 Å². The van der Waals surface area contributed by atoms with Crippen LogP contribution in [0.3, 0.4) is 0 Å². The molecule has 0 aliphatic heterocycles. The molecule has 0 aromatic rings. The number of rotatable bonds is 5. The first-order chi connectivity index (χ1) is 10.4. The molecule has 0 bridgehead atoms. The third-order valence-corrected chi connectivity index (χ3v) is 5.58. The van der Waals surface area contributed by atoms with Gasteiger partial charge in [-0.2, -0.15) is 0 Å². The molecule has 2 amide bonds. The summed E-state index contributed by atoms with van der Waals surface area (Å²) in [5.41, 5.74) is 0.148. The summed E-state index contributed by atoms with van der Waals surface area (Å²) in [6, 6.07) is 0.00930. The van der Waals surface area contributed by atoms with Gasteiger partial charge in [0, 0.05) is 12.6 Å². The Kier molecular flexibility index (Phi) is 5.70. The molecule has 0 spiro atoms. The molecule has 2 aliphatic carbocycles. The summed E-state index contributed by atoms with van der Waals surface area (Å²) in [5.74, 6) is -0.234. The fraction of sp³-hybridized carbons (Fsp3) is 0.882. The lowest BCUT2D eigenvalue weighted by molar-refractivity contribution is -0.142. The minimum atomic E-state index is -0.707. The number of hydrogen-bond acceptors (Lipinski definition) is 2. The molecule has 2 aliphatic rings. The third-order valence-electron chi connectivity index (χ3n) is 5.58. The second-order valence-corrected chi connectivity index (χ2v) is 7.68. The van der Waals surface area contributed by atoms with Crippen LogP contribution in [0.15, 0.2) is 0 Å². The van der Waals surface area contributed by atoms with Gasteiger partial charge in [-0.1, -0.05) is 26.7 Å². The molecule has 0 atom stereocenters. The van der Waals surface area contributed by atoms with E-state index in [0.717, 1.165) is 12.8 Å². The van der Waals surface area contributed by atoms with E-state index in [0.29, 0.717) is 25.3 Å². The molecule has 0 heterocycles. The molecule has 2 fully saturated rings. The summed E-state index contributed by atoms with van der Waals surface area (Å²) in [6.07, 6.45) is 8.01. The van der Waals surface area contributed by atoms with Crippen molar-refractivity contribution in [2.75, 3.05) is 6.54 Å². The molecule has 126 valence electrons. The van der Waals surface area contributed by atoms with Crippen molar-refractivity contribution in [1.29, 1.82) is 0 Å². The zero-order chi connectivity index (χ0) is 16.2. The van der Waals surface area contributed by atoms with E-state index in [2.05, 4.69) is 24.5 Å². The molecular weight excluding hydrogens is 280 g/mol. The van der Waals surface area contributed by atoms with Crippen molar-refractivity contribution in [3.8, 4) is 0 Å². The van der Waals surface area contributed by atoms with Gasteiger partial charge in [0.05, 0.1) is 5.92 Å². The van der Waals surface area contributed by atoms with Gasteiger partial charge < -0.3 is 15.7 Å². The van der Waals surface area contributed by atoms with Crippen LogP contribution in [-0.2, 0) is 4.79 Å². The molecular formula is C17H30N2O3. The van der Waals surface area contributed by atoms with Gasteiger partial charge in [0.15, 0.2) is 0 Å². The van der Waals surface area contributed by atoms with Gasteiger partial charge >= 0.3 is 12.0 Å². The van der Waals surface area contributed by atoms with Crippen LogP contribution in [0.5, 0.6) is 0 Å². The van der Waals surface area contributed by atoms with Gasteiger partial charge in [0.2, 0.25) is 0 Å². The zero-order valence-electron chi connectivity index (χ0n) is 13.9. The predicted octanol–water partition coefficient (Wildman–Crippen LogP) is 3.15. The molecule has 5 heteroatoms. The minimum absolute atomic E-state index is 0.107. The van der Waals surface area contributed by atoms with Crippen LogP contribution in [0.2, 0.25) is 0 Å². The maximum Gasteiger partial charge on any atom is 0.315 e. The van der Waals surface area contributed by atoms with E-state index in [1.54, 1.807) is 0 Å². The molecule has 0 aromatic heterocycles. The van der Waals surface area contributed by atoms with Gasteiger partial charge in [-0.3, -0.25) is 4.79 Å². The number of urea groups is 1. The smallest absolute Gasteiger partial charge is 0.315 e. The van der Waals surface area contributed by atoms with Crippen LogP contribution >= 0.6 is 0 Å². The largest absolute Gasteiger partial charge is 0.481 e. The second-order valence-electron chi connectivity index (χ2n) is 7.68. The number of carbonyl (C=O) groups excluding carboxylic acids is 1. The van der Waals surface area contributed by atoms with E-state index < -0.39 is 5.97 Å². The quantitative estimate of drug-likeness (QED) is 0.730. The topological polar surface area (TPSA) is 78.4 Å². The molecule has 3 N–H and O–H groups in total. The average molecular weight is 310 g/mol. The number of carbonyl (C=O) groups is 2. The second kappa shape index (κ2) is 7.34. The molecule has 22 heavy (non-hydrogen) atoms. The summed E-state index contributed by atoms with van der Waals surface area (Å²) in [7, 11) is 0. The van der Waals surface area contributed by atoms with Crippen molar-refractivity contribution in [1.82, 2.24) is 10.6 Å². The Balaban J connectivity index is 1.69. The minimum Gasteiger partial charge on any atom is -0.481 e. The lowest BCUT2D eigenvalue weighted by Crippen LogP contribution is -2.47. The fourth-order valence-corrected chi connectivity index (χ4v) is 3.88. The maximum atomic E-state index is 12.0.